The number of aromatic nitrogens is 2. The first-order valence-corrected chi connectivity index (χ1v) is 6.90. The number of benzene rings is 1. The smallest absolute Gasteiger partial charge is 0.382 e. The number of rotatable bonds is 2. The maximum absolute atomic E-state index is 13.0. The van der Waals surface area contributed by atoms with Gasteiger partial charge < -0.3 is 5.73 Å². The summed E-state index contributed by atoms with van der Waals surface area (Å²) in [5.74, 6) is -0.149. The van der Waals surface area contributed by atoms with Crippen LogP contribution in [0.4, 0.5) is 19.0 Å². The molecular formula is C14H10F3N3S. The molecule has 3 N–H and O–H groups in total. The fourth-order valence-electron chi connectivity index (χ4n) is 2.06. The zero-order chi connectivity index (χ0) is 15.0. The molecule has 0 bridgehead atoms. The van der Waals surface area contributed by atoms with Crippen molar-refractivity contribution in [3.8, 4) is 21.6 Å². The second kappa shape index (κ2) is 4.92. The van der Waals surface area contributed by atoms with Crippen LogP contribution in [0.15, 0.2) is 41.8 Å². The van der Waals surface area contributed by atoms with Gasteiger partial charge in [0.05, 0.1) is 5.56 Å². The Morgan fingerprint density at radius 1 is 1.10 bits per heavy atom. The number of thiophene rings is 1. The van der Waals surface area contributed by atoms with E-state index in [9.17, 15) is 13.2 Å². The number of halogens is 3. The molecule has 0 fully saturated rings. The number of nitrogens with zero attached hydrogens (tertiary/aromatic N) is 1. The predicted octanol–water partition coefficient (Wildman–Crippen LogP) is 4.41. The van der Waals surface area contributed by atoms with Crippen molar-refractivity contribution >= 4 is 17.2 Å². The summed E-state index contributed by atoms with van der Waals surface area (Å²) >= 11 is 1.21. The largest absolute Gasteiger partial charge is 0.433 e. The average molecular weight is 309 g/mol. The lowest BCUT2D eigenvalue weighted by atomic mass is 10.1. The highest BCUT2D eigenvalue weighted by molar-refractivity contribution is 7.14. The Balaban J connectivity index is 2.07. The molecular weight excluding hydrogens is 299 g/mol. The van der Waals surface area contributed by atoms with E-state index in [-0.39, 0.29) is 11.4 Å². The van der Waals surface area contributed by atoms with Crippen LogP contribution in [0.25, 0.3) is 21.6 Å². The molecule has 0 amide bonds. The van der Waals surface area contributed by atoms with Gasteiger partial charge in [-0.2, -0.15) is 18.3 Å². The van der Waals surface area contributed by atoms with Crippen molar-refractivity contribution in [2.75, 3.05) is 5.73 Å². The lowest BCUT2D eigenvalue weighted by molar-refractivity contribution is -0.140. The van der Waals surface area contributed by atoms with Crippen molar-refractivity contribution < 1.29 is 13.2 Å². The maximum atomic E-state index is 13.0. The Morgan fingerprint density at radius 2 is 1.81 bits per heavy atom. The van der Waals surface area contributed by atoms with Crippen LogP contribution in [0, 0.1) is 0 Å². The Hall–Kier alpha value is -2.28. The molecule has 2 aromatic heterocycles. The molecule has 1 aromatic carbocycles. The van der Waals surface area contributed by atoms with Gasteiger partial charge in [-0.15, -0.1) is 11.3 Å². The molecule has 3 aromatic rings. The van der Waals surface area contributed by atoms with Gasteiger partial charge in [0, 0.05) is 4.88 Å². The van der Waals surface area contributed by atoms with Crippen LogP contribution in [0.1, 0.15) is 5.69 Å². The van der Waals surface area contributed by atoms with Gasteiger partial charge >= 0.3 is 6.18 Å². The second-order valence-electron chi connectivity index (χ2n) is 4.42. The van der Waals surface area contributed by atoms with Crippen LogP contribution in [-0.4, -0.2) is 10.2 Å². The van der Waals surface area contributed by atoms with Gasteiger partial charge in [0.15, 0.2) is 5.82 Å². The zero-order valence-corrected chi connectivity index (χ0v) is 11.4. The monoisotopic (exact) mass is 309 g/mol. The Labute approximate surface area is 122 Å². The van der Waals surface area contributed by atoms with Crippen LogP contribution in [-0.2, 0) is 6.18 Å². The lowest BCUT2D eigenvalue weighted by Crippen LogP contribution is -2.07. The predicted molar refractivity (Wildman–Crippen MR) is 76.8 cm³/mol. The molecule has 0 aliphatic carbocycles. The Bertz CT molecular complexity index is 759. The summed E-state index contributed by atoms with van der Waals surface area (Å²) in [5, 5.41) is 7.25. The van der Waals surface area contributed by atoms with Crippen molar-refractivity contribution in [1.29, 1.82) is 0 Å². The van der Waals surface area contributed by atoms with Gasteiger partial charge in [-0.05, 0) is 22.6 Å². The van der Waals surface area contributed by atoms with E-state index < -0.39 is 11.9 Å². The Morgan fingerprint density at radius 3 is 2.48 bits per heavy atom. The summed E-state index contributed by atoms with van der Waals surface area (Å²) in [6, 6.07) is 11.1. The molecule has 0 atom stereocenters. The number of nitrogens with one attached hydrogen (secondary N) is 1. The van der Waals surface area contributed by atoms with Crippen molar-refractivity contribution in [3.63, 3.8) is 0 Å². The van der Waals surface area contributed by atoms with Crippen LogP contribution in [0.2, 0.25) is 0 Å². The zero-order valence-electron chi connectivity index (χ0n) is 10.6. The molecule has 0 radical (unpaired) electrons. The van der Waals surface area contributed by atoms with Crippen LogP contribution in [0.5, 0.6) is 0 Å². The maximum Gasteiger partial charge on any atom is 0.433 e. The van der Waals surface area contributed by atoms with E-state index in [1.165, 1.54) is 11.3 Å². The summed E-state index contributed by atoms with van der Waals surface area (Å²) in [5.41, 5.74) is 6.37. The standard InChI is InChI=1S/C14H10F3N3S/c15-14(16,17)12-11(13(18)20-19-12)10-6-9(7-21-10)8-4-2-1-3-5-8/h1-7H,(H3,18,19,20). The number of aromatic amines is 1. The fraction of sp³-hybridized carbons (Fsp3) is 0.0714. The molecule has 7 heteroatoms. The average Bonchev–Trinajstić information content (AvgIpc) is 3.05. The van der Waals surface area contributed by atoms with Crippen LogP contribution in [0.3, 0.4) is 0 Å². The van der Waals surface area contributed by atoms with Crippen molar-refractivity contribution in [2.24, 2.45) is 0 Å². The molecule has 0 spiro atoms. The quantitative estimate of drug-likeness (QED) is 0.737. The van der Waals surface area contributed by atoms with Gasteiger partial charge in [0.25, 0.3) is 0 Å². The molecule has 21 heavy (non-hydrogen) atoms. The third-order valence-electron chi connectivity index (χ3n) is 3.03. The third-order valence-corrected chi connectivity index (χ3v) is 3.98. The highest BCUT2D eigenvalue weighted by Crippen LogP contribution is 2.42. The van der Waals surface area contributed by atoms with Gasteiger partial charge in [0.1, 0.15) is 5.69 Å². The lowest BCUT2D eigenvalue weighted by Gasteiger charge is -2.05. The molecule has 2 heterocycles. The van der Waals surface area contributed by atoms with Gasteiger partial charge in [-0.25, -0.2) is 0 Å². The van der Waals surface area contributed by atoms with E-state index >= 15 is 0 Å². The van der Waals surface area contributed by atoms with E-state index in [0.29, 0.717) is 4.88 Å². The molecule has 0 aliphatic heterocycles. The van der Waals surface area contributed by atoms with Gasteiger partial charge in [-0.3, -0.25) is 5.10 Å². The molecule has 3 nitrogen and oxygen atoms in total. The number of H-pyrrole nitrogens is 1. The number of nitrogen functional groups attached to an aromatic ring is 1. The highest BCUT2D eigenvalue weighted by Gasteiger charge is 2.37. The minimum Gasteiger partial charge on any atom is -0.382 e. The summed E-state index contributed by atoms with van der Waals surface area (Å²) in [6.45, 7) is 0. The normalized spacial score (nSPS) is 11.8. The van der Waals surface area contributed by atoms with Crippen molar-refractivity contribution in [3.05, 3.63) is 47.5 Å². The van der Waals surface area contributed by atoms with Gasteiger partial charge in [0.2, 0.25) is 0 Å². The molecule has 0 saturated heterocycles. The van der Waals surface area contributed by atoms with Crippen LogP contribution >= 0.6 is 11.3 Å². The highest BCUT2D eigenvalue weighted by atomic mass is 32.1. The minimum absolute atomic E-state index is 0.0883. The number of anilines is 1. The molecule has 0 unspecified atom stereocenters. The minimum atomic E-state index is -4.52. The topological polar surface area (TPSA) is 54.7 Å². The fourth-order valence-corrected chi connectivity index (χ4v) is 3.04. The summed E-state index contributed by atoms with van der Waals surface area (Å²) in [6.07, 6.45) is -4.52. The summed E-state index contributed by atoms with van der Waals surface area (Å²) in [4.78, 5) is 0.437. The summed E-state index contributed by atoms with van der Waals surface area (Å²) in [7, 11) is 0. The molecule has 0 aliphatic rings. The molecule has 108 valence electrons. The Kier molecular flexibility index (Phi) is 3.21. The van der Waals surface area contributed by atoms with E-state index in [2.05, 4.69) is 5.10 Å². The molecule has 3 rings (SSSR count). The van der Waals surface area contributed by atoms with Crippen molar-refractivity contribution in [1.82, 2.24) is 10.2 Å². The second-order valence-corrected chi connectivity index (χ2v) is 5.33. The van der Waals surface area contributed by atoms with E-state index in [1.807, 2.05) is 35.4 Å². The van der Waals surface area contributed by atoms with Crippen LogP contribution < -0.4 is 5.73 Å². The molecule has 0 saturated carbocycles. The van der Waals surface area contributed by atoms with E-state index in [4.69, 9.17) is 5.73 Å². The number of alkyl halides is 3. The third kappa shape index (κ3) is 2.52. The number of hydrogen-bond acceptors (Lipinski definition) is 3. The van der Waals surface area contributed by atoms with E-state index in [0.717, 1.165) is 11.1 Å². The first kappa shape index (κ1) is 13.7. The number of hydrogen-bond donors (Lipinski definition) is 2. The summed E-state index contributed by atoms with van der Waals surface area (Å²) < 4.78 is 38.9. The van der Waals surface area contributed by atoms with Gasteiger partial charge in [-0.1, -0.05) is 30.3 Å². The van der Waals surface area contributed by atoms with Crippen molar-refractivity contribution in [2.45, 2.75) is 6.18 Å². The number of nitrogens with two attached hydrogens (primary N) is 1. The SMILES string of the molecule is Nc1n[nH]c(C(F)(F)F)c1-c1cc(-c2ccccc2)cs1. The first-order valence-electron chi connectivity index (χ1n) is 6.02. The van der Waals surface area contributed by atoms with E-state index in [1.54, 1.807) is 11.4 Å². The first-order chi connectivity index (χ1) is 9.97.